The van der Waals surface area contributed by atoms with E-state index >= 15 is 0 Å². The van der Waals surface area contributed by atoms with Crippen LogP contribution in [0.25, 0.3) is 0 Å². The molecule has 0 radical (unpaired) electrons. The molecule has 17 heavy (non-hydrogen) atoms. The van der Waals surface area contributed by atoms with Gasteiger partial charge in [0.25, 0.3) is 5.69 Å². The maximum atomic E-state index is 10.5. The van der Waals surface area contributed by atoms with Crippen molar-refractivity contribution in [2.24, 2.45) is 0 Å². The summed E-state index contributed by atoms with van der Waals surface area (Å²) in [6.07, 6.45) is 0. The molecular formula is C6H3N3O8. The average molecular weight is 245 g/mol. The van der Waals surface area contributed by atoms with Crippen molar-refractivity contribution in [2.45, 2.75) is 0 Å². The summed E-state index contributed by atoms with van der Waals surface area (Å²) in [5.74, 6) is -1.06. The van der Waals surface area contributed by atoms with Gasteiger partial charge >= 0.3 is 17.1 Å². The monoisotopic (exact) mass is 245 g/mol. The number of hydrogen-bond acceptors (Lipinski definition) is 8. The molecule has 90 valence electrons. The molecule has 0 fully saturated rings. The molecule has 0 unspecified atom stereocenters. The lowest BCUT2D eigenvalue weighted by Crippen LogP contribution is -2.01. The topological polar surface area (TPSA) is 159 Å². The van der Waals surface area contributed by atoms with E-state index in [1.165, 1.54) is 0 Å². The lowest BCUT2D eigenvalue weighted by molar-refractivity contribution is -0.407. The fraction of sp³-hybridized carbons (Fsp3) is 0. The average Bonchev–Trinajstić information content (AvgIpc) is 2.26. The zero-order valence-electron chi connectivity index (χ0n) is 7.80. The molecule has 0 atom stereocenters. The summed E-state index contributed by atoms with van der Waals surface area (Å²) in [6, 6.07) is 0.886. The van der Waals surface area contributed by atoms with Crippen molar-refractivity contribution in [3.8, 4) is 5.75 Å². The third kappa shape index (κ3) is 2.23. The maximum Gasteiger partial charge on any atom is 0.329 e. The van der Waals surface area contributed by atoms with E-state index in [9.17, 15) is 30.3 Å². The van der Waals surface area contributed by atoms with E-state index in [0.29, 0.717) is 12.1 Å². The first-order chi connectivity index (χ1) is 7.88. The normalized spacial score (nSPS) is 9.71. The van der Waals surface area contributed by atoms with E-state index in [1.54, 1.807) is 0 Å². The number of nitro benzene ring substituents is 3. The van der Waals surface area contributed by atoms with Crippen LogP contribution >= 0.6 is 0 Å². The Morgan fingerprint density at radius 1 is 0.941 bits per heavy atom. The van der Waals surface area contributed by atoms with Crippen molar-refractivity contribution in [3.63, 3.8) is 0 Å². The fourth-order valence-corrected chi connectivity index (χ4v) is 1.05. The van der Waals surface area contributed by atoms with Crippen LogP contribution in [0.2, 0.25) is 0 Å². The summed E-state index contributed by atoms with van der Waals surface area (Å²) in [5.41, 5.74) is -3.01. The van der Waals surface area contributed by atoms with Gasteiger partial charge in [-0.15, -0.1) is 0 Å². The summed E-state index contributed by atoms with van der Waals surface area (Å²) in [5, 5.41) is 39.8. The van der Waals surface area contributed by atoms with Gasteiger partial charge in [-0.2, -0.15) is 0 Å². The minimum Gasteiger partial charge on any atom is -0.325 e. The van der Waals surface area contributed by atoms with Crippen LogP contribution in [0.4, 0.5) is 17.1 Å². The van der Waals surface area contributed by atoms with Gasteiger partial charge in [-0.1, -0.05) is 0 Å². The van der Waals surface area contributed by atoms with Gasteiger partial charge in [0.15, 0.2) is 0 Å². The Hall–Kier alpha value is -2.82. The molecule has 0 aliphatic carbocycles. The molecule has 0 bridgehead atoms. The van der Waals surface area contributed by atoms with E-state index in [-0.39, 0.29) is 0 Å². The predicted molar refractivity (Wildman–Crippen MR) is 49.7 cm³/mol. The quantitative estimate of drug-likeness (QED) is 0.471. The van der Waals surface area contributed by atoms with E-state index < -0.39 is 37.6 Å². The minimum absolute atomic E-state index is 0.443. The number of nitrogens with zero attached hydrogens (tertiary/aromatic N) is 3. The van der Waals surface area contributed by atoms with Gasteiger partial charge in [-0.05, 0) is 0 Å². The van der Waals surface area contributed by atoms with E-state index in [0.717, 1.165) is 0 Å². The second-order valence-electron chi connectivity index (χ2n) is 2.68. The van der Waals surface area contributed by atoms with E-state index in [1.807, 2.05) is 0 Å². The van der Waals surface area contributed by atoms with Crippen molar-refractivity contribution >= 4 is 17.1 Å². The van der Waals surface area contributed by atoms with Crippen LogP contribution in [0.3, 0.4) is 0 Å². The molecule has 11 heteroatoms. The smallest absolute Gasteiger partial charge is 0.325 e. The zero-order chi connectivity index (χ0) is 13.2. The van der Waals surface area contributed by atoms with Gasteiger partial charge < -0.3 is 4.89 Å². The van der Waals surface area contributed by atoms with Crippen molar-refractivity contribution in [1.29, 1.82) is 0 Å². The first-order valence-corrected chi connectivity index (χ1v) is 3.81. The summed E-state index contributed by atoms with van der Waals surface area (Å²) >= 11 is 0. The van der Waals surface area contributed by atoms with Crippen molar-refractivity contribution in [3.05, 3.63) is 42.5 Å². The molecule has 1 aromatic carbocycles. The highest BCUT2D eigenvalue weighted by molar-refractivity contribution is 5.65. The number of non-ortho nitro benzene ring substituents is 1. The van der Waals surface area contributed by atoms with Crippen LogP contribution in [0.5, 0.6) is 5.75 Å². The Balaban J connectivity index is 3.63. The second kappa shape index (κ2) is 4.36. The fourth-order valence-electron chi connectivity index (χ4n) is 1.05. The second-order valence-corrected chi connectivity index (χ2v) is 2.68. The summed E-state index contributed by atoms with van der Waals surface area (Å²) in [6.45, 7) is 0. The molecule has 0 aliphatic rings. The van der Waals surface area contributed by atoms with Crippen LogP contribution < -0.4 is 4.89 Å². The highest BCUT2D eigenvalue weighted by Gasteiger charge is 2.32. The molecule has 1 rings (SSSR count). The molecule has 0 aromatic heterocycles. The van der Waals surface area contributed by atoms with E-state index in [2.05, 4.69) is 4.89 Å². The largest absolute Gasteiger partial charge is 0.329 e. The molecule has 0 aliphatic heterocycles. The van der Waals surface area contributed by atoms with Gasteiger partial charge in [0.05, 0.1) is 26.9 Å². The standard InChI is InChI=1S/C6H3N3O8/c10-7(11)3-1-4(8(12)13)6(17-16)5(2-3)9(14)15/h1-2,16H. The molecule has 0 saturated heterocycles. The third-order valence-corrected chi connectivity index (χ3v) is 1.73. The Bertz CT molecular complexity index is 477. The molecule has 11 nitrogen and oxygen atoms in total. The minimum atomic E-state index is -1.15. The highest BCUT2D eigenvalue weighted by atomic mass is 17.1. The SMILES string of the molecule is O=[N+]([O-])c1cc([N+](=O)[O-])c(OO)c([N+](=O)[O-])c1. The first kappa shape index (κ1) is 12.3. The Morgan fingerprint density at radius 3 is 1.59 bits per heavy atom. The molecule has 0 spiro atoms. The van der Waals surface area contributed by atoms with Crippen molar-refractivity contribution in [1.82, 2.24) is 0 Å². The summed E-state index contributed by atoms with van der Waals surface area (Å²) in [7, 11) is 0. The van der Waals surface area contributed by atoms with Crippen molar-refractivity contribution in [2.75, 3.05) is 0 Å². The summed E-state index contributed by atoms with van der Waals surface area (Å²) < 4.78 is 0. The third-order valence-electron chi connectivity index (χ3n) is 1.73. The Labute approximate surface area is 91.2 Å². The highest BCUT2D eigenvalue weighted by Crippen LogP contribution is 2.39. The van der Waals surface area contributed by atoms with E-state index in [4.69, 9.17) is 5.26 Å². The van der Waals surface area contributed by atoms with Crippen LogP contribution in [-0.2, 0) is 0 Å². The Morgan fingerprint density at radius 2 is 1.35 bits per heavy atom. The van der Waals surface area contributed by atoms with Gasteiger partial charge in [-0.3, -0.25) is 30.3 Å². The number of hydrogen-bond donors (Lipinski definition) is 1. The van der Waals surface area contributed by atoms with Crippen LogP contribution in [-0.4, -0.2) is 20.0 Å². The maximum absolute atomic E-state index is 10.5. The zero-order valence-corrected chi connectivity index (χ0v) is 7.80. The summed E-state index contributed by atoms with van der Waals surface area (Å²) in [4.78, 5) is 31.6. The van der Waals surface area contributed by atoms with Crippen LogP contribution in [0, 0.1) is 30.3 Å². The van der Waals surface area contributed by atoms with Gasteiger partial charge in [0, 0.05) is 0 Å². The van der Waals surface area contributed by atoms with Gasteiger partial charge in [-0.25, -0.2) is 5.26 Å². The number of benzene rings is 1. The molecule has 1 aromatic rings. The molecule has 0 amide bonds. The van der Waals surface area contributed by atoms with Gasteiger partial charge in [0.2, 0.25) is 0 Å². The van der Waals surface area contributed by atoms with Crippen molar-refractivity contribution < 1.29 is 24.9 Å². The molecule has 0 saturated carbocycles. The van der Waals surface area contributed by atoms with Gasteiger partial charge in [0.1, 0.15) is 0 Å². The number of rotatable bonds is 4. The predicted octanol–water partition coefficient (Wildman–Crippen LogP) is 1.26. The number of nitro groups is 3. The first-order valence-electron chi connectivity index (χ1n) is 3.81. The van der Waals surface area contributed by atoms with Crippen LogP contribution in [0.15, 0.2) is 12.1 Å². The molecule has 0 heterocycles. The lowest BCUT2D eigenvalue weighted by Gasteiger charge is -2.00. The Kier molecular flexibility index (Phi) is 3.14. The van der Waals surface area contributed by atoms with Crippen LogP contribution in [0.1, 0.15) is 0 Å². The molecular weight excluding hydrogens is 242 g/mol. The lowest BCUT2D eigenvalue weighted by atomic mass is 10.2. The molecule has 1 N–H and O–H groups in total.